The number of hydrogen-bond donors (Lipinski definition) is 0. The van der Waals surface area contributed by atoms with Crippen LogP contribution in [0.15, 0.2) is 47.5 Å². The van der Waals surface area contributed by atoms with Crippen LogP contribution < -0.4 is 4.31 Å². The van der Waals surface area contributed by atoms with Crippen molar-refractivity contribution in [2.75, 3.05) is 17.5 Å². The number of anilines is 1. The highest BCUT2D eigenvalue weighted by molar-refractivity contribution is 7.93. The van der Waals surface area contributed by atoms with Gasteiger partial charge in [0, 0.05) is 11.2 Å². The summed E-state index contributed by atoms with van der Waals surface area (Å²) in [5.41, 5.74) is 0.462. The molecule has 0 N–H and O–H groups in total. The van der Waals surface area contributed by atoms with Gasteiger partial charge in [-0.2, -0.15) is 0 Å². The molecular weight excluding hydrogens is 392 g/mol. The van der Waals surface area contributed by atoms with Crippen LogP contribution in [0.5, 0.6) is 0 Å². The van der Waals surface area contributed by atoms with Crippen molar-refractivity contribution in [1.82, 2.24) is 14.6 Å². The smallest absolute Gasteiger partial charge is 0.326 e. The molecule has 10 heteroatoms. The minimum absolute atomic E-state index is 0.0650. The Morgan fingerprint density at radius 1 is 1.22 bits per heavy atom. The van der Waals surface area contributed by atoms with Crippen LogP contribution in [-0.4, -0.2) is 42.1 Å². The number of rotatable bonds is 6. The monoisotopic (exact) mass is 408 g/mol. The zero-order chi connectivity index (χ0) is 19.6. The first-order valence-corrected chi connectivity index (χ1v) is 9.90. The second kappa shape index (κ2) is 7.53. The zero-order valence-corrected chi connectivity index (χ0v) is 16.2. The van der Waals surface area contributed by atoms with E-state index in [1.807, 2.05) is 0 Å². The Labute approximate surface area is 161 Å². The summed E-state index contributed by atoms with van der Waals surface area (Å²) in [6.45, 7) is 3.03. The highest BCUT2D eigenvalue weighted by atomic mass is 35.5. The molecule has 0 fully saturated rings. The van der Waals surface area contributed by atoms with Crippen molar-refractivity contribution in [2.24, 2.45) is 0 Å². The van der Waals surface area contributed by atoms with Crippen molar-refractivity contribution in [3.05, 3.63) is 53.4 Å². The van der Waals surface area contributed by atoms with Gasteiger partial charge in [-0.05, 0) is 50.2 Å². The molecule has 0 atom stereocenters. The van der Waals surface area contributed by atoms with Crippen molar-refractivity contribution in [1.29, 1.82) is 0 Å². The summed E-state index contributed by atoms with van der Waals surface area (Å²) in [6, 6.07) is 9.15. The second-order valence-electron chi connectivity index (χ2n) is 5.61. The molecule has 0 aliphatic heterocycles. The number of aromatic nitrogens is 3. The van der Waals surface area contributed by atoms with Gasteiger partial charge in [-0.1, -0.05) is 11.6 Å². The van der Waals surface area contributed by atoms with Crippen LogP contribution in [-0.2, 0) is 19.6 Å². The quantitative estimate of drug-likeness (QED) is 0.581. The number of carbonyl (C=O) groups is 1. The lowest BCUT2D eigenvalue weighted by Crippen LogP contribution is -2.36. The van der Waals surface area contributed by atoms with E-state index in [0.717, 1.165) is 4.31 Å². The van der Waals surface area contributed by atoms with Crippen molar-refractivity contribution in [2.45, 2.75) is 18.7 Å². The molecule has 142 valence electrons. The molecule has 0 unspecified atom stereocenters. The first kappa shape index (κ1) is 19.1. The lowest BCUT2D eigenvalue weighted by molar-refractivity contribution is -0.141. The average Bonchev–Trinajstić information content (AvgIpc) is 3.02. The molecule has 27 heavy (non-hydrogen) atoms. The third-order valence-corrected chi connectivity index (χ3v) is 5.88. The molecule has 0 aliphatic carbocycles. The van der Waals surface area contributed by atoms with Gasteiger partial charge in [0.1, 0.15) is 17.3 Å². The summed E-state index contributed by atoms with van der Waals surface area (Å²) in [4.78, 5) is 12.0. The fraction of sp³-hybridized carbons (Fsp3) is 0.235. The molecule has 0 saturated heterocycles. The summed E-state index contributed by atoms with van der Waals surface area (Å²) < 4.78 is 34.2. The van der Waals surface area contributed by atoms with Gasteiger partial charge in [-0.15, -0.1) is 10.2 Å². The number of ether oxygens (including phenoxy) is 1. The predicted molar refractivity (Wildman–Crippen MR) is 100 cm³/mol. The van der Waals surface area contributed by atoms with Gasteiger partial charge in [-0.25, -0.2) is 8.42 Å². The molecule has 0 aliphatic rings. The van der Waals surface area contributed by atoms with E-state index >= 15 is 0 Å². The molecule has 0 spiro atoms. The topological polar surface area (TPSA) is 93.9 Å². The van der Waals surface area contributed by atoms with E-state index in [-0.39, 0.29) is 22.8 Å². The summed E-state index contributed by atoms with van der Waals surface area (Å²) in [6.07, 6.45) is 1.67. The largest absolute Gasteiger partial charge is 0.465 e. The van der Waals surface area contributed by atoms with Crippen molar-refractivity contribution in [3.63, 3.8) is 0 Å². The van der Waals surface area contributed by atoms with Gasteiger partial charge in [-0.3, -0.25) is 13.5 Å². The van der Waals surface area contributed by atoms with Gasteiger partial charge < -0.3 is 4.74 Å². The van der Waals surface area contributed by atoms with Crippen molar-refractivity contribution < 1.29 is 17.9 Å². The van der Waals surface area contributed by atoms with Crippen LogP contribution in [0.4, 0.5) is 5.69 Å². The van der Waals surface area contributed by atoms with Gasteiger partial charge in [0.25, 0.3) is 10.0 Å². The van der Waals surface area contributed by atoms with E-state index in [9.17, 15) is 13.2 Å². The van der Waals surface area contributed by atoms with Crippen LogP contribution in [0.1, 0.15) is 12.7 Å². The first-order valence-electron chi connectivity index (χ1n) is 8.09. The maximum atomic E-state index is 13.4. The van der Waals surface area contributed by atoms with E-state index < -0.39 is 22.5 Å². The fourth-order valence-corrected chi connectivity index (χ4v) is 4.23. The summed E-state index contributed by atoms with van der Waals surface area (Å²) in [5, 5.41) is 8.33. The second-order valence-corrected chi connectivity index (χ2v) is 7.87. The summed E-state index contributed by atoms with van der Waals surface area (Å²) >= 11 is 5.90. The number of pyridine rings is 1. The Bertz CT molecular complexity index is 1080. The number of sulfonamides is 1. The maximum absolute atomic E-state index is 13.4. The van der Waals surface area contributed by atoms with E-state index in [4.69, 9.17) is 16.3 Å². The molecule has 2 aromatic heterocycles. The number of nitrogens with zero attached hydrogens (tertiary/aromatic N) is 4. The minimum atomic E-state index is -4.13. The van der Waals surface area contributed by atoms with Gasteiger partial charge >= 0.3 is 5.97 Å². The number of fused-ring (bicyclic) bond motifs is 1. The lowest BCUT2D eigenvalue weighted by atomic mass is 10.3. The molecule has 3 aromatic rings. The number of benzene rings is 1. The SMILES string of the molecule is CCOC(=O)CN(c1ccc(Cl)cc1)S(=O)(=O)c1cccn2c(C)nnc12. The molecule has 2 heterocycles. The first-order chi connectivity index (χ1) is 12.8. The third-order valence-electron chi connectivity index (χ3n) is 3.83. The normalized spacial score (nSPS) is 11.5. The number of carbonyl (C=O) groups excluding carboxylic acids is 1. The van der Waals surface area contributed by atoms with E-state index in [1.165, 1.54) is 18.2 Å². The van der Waals surface area contributed by atoms with Gasteiger partial charge in [0.2, 0.25) is 0 Å². The van der Waals surface area contributed by atoms with Gasteiger partial charge in [0.15, 0.2) is 5.65 Å². The van der Waals surface area contributed by atoms with Crippen LogP contribution in [0.2, 0.25) is 5.02 Å². The lowest BCUT2D eigenvalue weighted by Gasteiger charge is -2.23. The Kier molecular flexibility index (Phi) is 5.33. The molecule has 0 amide bonds. The van der Waals surface area contributed by atoms with Crippen molar-refractivity contribution in [3.8, 4) is 0 Å². The number of hydrogen-bond acceptors (Lipinski definition) is 6. The summed E-state index contributed by atoms with van der Waals surface area (Å²) in [7, 11) is -4.13. The number of aryl methyl sites for hydroxylation is 1. The fourth-order valence-electron chi connectivity index (χ4n) is 2.57. The molecule has 3 rings (SSSR count). The molecule has 8 nitrogen and oxygen atoms in total. The highest BCUT2D eigenvalue weighted by Crippen LogP contribution is 2.27. The predicted octanol–water partition coefficient (Wildman–Crippen LogP) is 2.45. The van der Waals surface area contributed by atoms with Crippen molar-refractivity contribution >= 4 is 38.9 Å². The Hall–Kier alpha value is -2.65. The molecule has 0 bridgehead atoms. The number of halogens is 1. The van der Waals surface area contributed by atoms with Gasteiger partial charge in [0.05, 0.1) is 12.3 Å². The standard InChI is InChI=1S/C17H17ClN4O4S/c1-3-26-16(23)11-22(14-8-6-13(18)7-9-14)27(24,25)15-5-4-10-21-12(2)19-20-17(15)21/h4-10H,3,11H2,1-2H3. The molecule has 0 saturated carbocycles. The molecule has 1 aromatic carbocycles. The Morgan fingerprint density at radius 2 is 1.93 bits per heavy atom. The summed E-state index contributed by atoms with van der Waals surface area (Å²) in [5.74, 6) is -0.119. The van der Waals surface area contributed by atoms with Crippen LogP contribution in [0, 0.1) is 6.92 Å². The minimum Gasteiger partial charge on any atom is -0.465 e. The average molecular weight is 409 g/mol. The molecule has 0 radical (unpaired) electrons. The Morgan fingerprint density at radius 3 is 2.59 bits per heavy atom. The highest BCUT2D eigenvalue weighted by Gasteiger charge is 2.30. The third kappa shape index (κ3) is 3.74. The zero-order valence-electron chi connectivity index (χ0n) is 14.7. The van der Waals surface area contributed by atoms with E-state index in [1.54, 1.807) is 42.6 Å². The number of esters is 1. The van der Waals surface area contributed by atoms with Crippen LogP contribution in [0.25, 0.3) is 5.65 Å². The molecular formula is C17H17ClN4O4S. The maximum Gasteiger partial charge on any atom is 0.326 e. The Balaban J connectivity index is 2.14. The van der Waals surface area contributed by atoms with Crippen LogP contribution >= 0.6 is 11.6 Å². The van der Waals surface area contributed by atoms with E-state index in [2.05, 4.69) is 10.2 Å². The van der Waals surface area contributed by atoms with Crippen LogP contribution in [0.3, 0.4) is 0 Å². The van der Waals surface area contributed by atoms with E-state index in [0.29, 0.717) is 10.8 Å².